The molecule has 10 nitrogen and oxygen atoms in total. The fourth-order valence-corrected chi connectivity index (χ4v) is 3.62. The van der Waals surface area contributed by atoms with Crippen LogP contribution in [0.25, 0.3) is 11.4 Å². The topological polar surface area (TPSA) is 122 Å². The molecule has 0 aliphatic heterocycles. The Morgan fingerprint density at radius 2 is 2.15 bits per heavy atom. The van der Waals surface area contributed by atoms with Crippen LogP contribution in [0.2, 0.25) is 0 Å². The number of nitro groups is 1. The molecule has 0 radical (unpaired) electrons. The van der Waals surface area contributed by atoms with Gasteiger partial charge in [0.15, 0.2) is 17.8 Å². The van der Waals surface area contributed by atoms with Gasteiger partial charge < -0.3 is 23.9 Å². The Kier molecular flexibility index (Phi) is 6.45. The van der Waals surface area contributed by atoms with Crippen molar-refractivity contribution in [1.29, 1.82) is 0 Å². The maximum atomic E-state index is 14.2. The summed E-state index contributed by atoms with van der Waals surface area (Å²) in [5, 5.41) is 23.5. The number of aromatic nitrogens is 5. The normalized spacial score (nSPS) is 12.0. The molecular weight excluding hydrogens is 499 g/mol. The van der Waals surface area contributed by atoms with Crippen LogP contribution in [0.15, 0.2) is 51.9 Å². The summed E-state index contributed by atoms with van der Waals surface area (Å²) in [5.41, 5.74) is 1.82. The molecule has 1 atom stereocenters. The van der Waals surface area contributed by atoms with Gasteiger partial charge in [-0.3, -0.25) is 0 Å². The van der Waals surface area contributed by atoms with E-state index < -0.39 is 22.7 Å². The summed E-state index contributed by atoms with van der Waals surface area (Å²) in [5.74, 6) is 0.101. The maximum absolute atomic E-state index is 14.2. The molecule has 4 rings (SSSR count). The molecule has 4 aromatic rings. The van der Waals surface area contributed by atoms with E-state index in [4.69, 9.17) is 9.26 Å². The van der Waals surface area contributed by atoms with E-state index in [2.05, 4.69) is 36.3 Å². The molecule has 0 saturated heterocycles. The molecule has 0 N–H and O–H groups in total. The first-order valence-electron chi connectivity index (χ1n) is 9.94. The van der Waals surface area contributed by atoms with E-state index in [9.17, 15) is 14.5 Å². The Balaban J connectivity index is 1.69. The summed E-state index contributed by atoms with van der Waals surface area (Å²) in [4.78, 5) is 14.5. The fourth-order valence-electron chi connectivity index (χ4n) is 3.31. The van der Waals surface area contributed by atoms with Gasteiger partial charge in [-0.05, 0) is 57.4 Å². The number of benzene rings is 1. The first kappa shape index (κ1) is 22.5. The van der Waals surface area contributed by atoms with E-state index in [-0.39, 0.29) is 5.75 Å². The molecule has 0 spiro atoms. The second-order valence-corrected chi connectivity index (χ2v) is 8.06. The van der Waals surface area contributed by atoms with Crippen molar-refractivity contribution in [3.8, 4) is 17.1 Å². The molecular formula is C21H18BrFN6O4. The van der Waals surface area contributed by atoms with Crippen molar-refractivity contribution < 1.29 is 18.6 Å². The lowest BCUT2D eigenvalue weighted by Crippen LogP contribution is -2.09. The van der Waals surface area contributed by atoms with Crippen LogP contribution in [0.1, 0.15) is 37.0 Å². The molecule has 170 valence electrons. The third-order valence-corrected chi connectivity index (χ3v) is 5.31. The van der Waals surface area contributed by atoms with Crippen LogP contribution in [0.4, 0.5) is 10.2 Å². The zero-order valence-corrected chi connectivity index (χ0v) is 19.2. The Morgan fingerprint density at radius 1 is 1.33 bits per heavy atom. The van der Waals surface area contributed by atoms with Crippen molar-refractivity contribution in [3.05, 3.63) is 80.3 Å². The highest BCUT2D eigenvalue weighted by Gasteiger charge is 2.24. The van der Waals surface area contributed by atoms with Crippen LogP contribution in [0.3, 0.4) is 0 Å². The van der Waals surface area contributed by atoms with Crippen LogP contribution in [-0.2, 0) is 13.0 Å². The highest BCUT2D eigenvalue weighted by Crippen LogP contribution is 2.35. The number of halogens is 2. The van der Waals surface area contributed by atoms with Crippen LogP contribution in [-0.4, -0.2) is 29.8 Å². The number of rotatable bonds is 8. The predicted octanol–water partition coefficient (Wildman–Crippen LogP) is 4.89. The number of hydrogen-bond donors (Lipinski definition) is 0. The third-order valence-electron chi connectivity index (χ3n) is 4.88. The first-order chi connectivity index (χ1) is 15.9. The molecule has 1 aromatic carbocycles. The highest BCUT2D eigenvalue weighted by molar-refractivity contribution is 9.10. The second kappa shape index (κ2) is 9.45. The summed E-state index contributed by atoms with van der Waals surface area (Å²) >= 11 is 3.24. The molecule has 3 heterocycles. The lowest BCUT2D eigenvalue weighted by Gasteiger charge is -2.18. The zero-order chi connectivity index (χ0) is 23.5. The van der Waals surface area contributed by atoms with Gasteiger partial charge in [-0.25, -0.2) is 4.39 Å². The third kappa shape index (κ3) is 4.90. The SMILES string of the molecule is CCc1cc(Cn2cnnc2-c2ccc(F)cc2C(C)Oc2cc(Br)cnc2[N+](=O)[O-])on1. The van der Waals surface area contributed by atoms with Gasteiger partial charge in [-0.1, -0.05) is 12.1 Å². The van der Waals surface area contributed by atoms with E-state index in [0.29, 0.717) is 33.7 Å². The summed E-state index contributed by atoms with van der Waals surface area (Å²) in [7, 11) is 0. The van der Waals surface area contributed by atoms with Gasteiger partial charge in [0, 0.05) is 23.3 Å². The van der Waals surface area contributed by atoms with Gasteiger partial charge >= 0.3 is 5.82 Å². The van der Waals surface area contributed by atoms with E-state index in [1.54, 1.807) is 17.6 Å². The number of ether oxygens (including phenoxy) is 1. The molecule has 3 aromatic heterocycles. The summed E-state index contributed by atoms with van der Waals surface area (Å²) in [6.07, 6.45) is 2.81. The zero-order valence-electron chi connectivity index (χ0n) is 17.6. The van der Waals surface area contributed by atoms with Gasteiger partial charge in [-0.2, -0.15) is 0 Å². The van der Waals surface area contributed by atoms with Gasteiger partial charge in [0.2, 0.25) is 5.75 Å². The second-order valence-electron chi connectivity index (χ2n) is 7.14. The lowest BCUT2D eigenvalue weighted by atomic mass is 10.0. The molecule has 0 aliphatic carbocycles. The Hall–Kier alpha value is -3.67. The van der Waals surface area contributed by atoms with Crippen molar-refractivity contribution in [2.75, 3.05) is 0 Å². The minimum absolute atomic E-state index is 0.0488. The van der Waals surface area contributed by atoms with Gasteiger partial charge in [0.25, 0.3) is 0 Å². The minimum Gasteiger partial charge on any atom is -0.478 e. The first-order valence-corrected chi connectivity index (χ1v) is 10.7. The number of aryl methyl sites for hydroxylation is 1. The number of nitrogens with zero attached hydrogens (tertiary/aromatic N) is 6. The largest absolute Gasteiger partial charge is 0.478 e. The van der Waals surface area contributed by atoms with E-state index >= 15 is 0 Å². The molecule has 33 heavy (non-hydrogen) atoms. The van der Waals surface area contributed by atoms with Crippen LogP contribution < -0.4 is 4.74 Å². The summed E-state index contributed by atoms with van der Waals surface area (Å²) < 4.78 is 27.7. The van der Waals surface area contributed by atoms with E-state index in [1.165, 1.54) is 30.7 Å². The van der Waals surface area contributed by atoms with Crippen LogP contribution >= 0.6 is 15.9 Å². The van der Waals surface area contributed by atoms with Gasteiger partial charge in [0.05, 0.1) is 16.7 Å². The molecule has 0 bridgehead atoms. The summed E-state index contributed by atoms with van der Waals surface area (Å²) in [6.45, 7) is 3.96. The van der Waals surface area contributed by atoms with Crippen molar-refractivity contribution in [2.24, 2.45) is 0 Å². The average molecular weight is 517 g/mol. The van der Waals surface area contributed by atoms with Gasteiger partial charge in [-0.15, -0.1) is 10.2 Å². The van der Waals surface area contributed by atoms with Crippen molar-refractivity contribution in [2.45, 2.75) is 32.9 Å². The molecule has 0 amide bonds. The quantitative estimate of drug-likeness (QED) is 0.239. The summed E-state index contributed by atoms with van der Waals surface area (Å²) in [6, 6.07) is 7.46. The van der Waals surface area contributed by atoms with Crippen molar-refractivity contribution in [1.82, 2.24) is 24.9 Å². The molecule has 0 saturated carbocycles. The van der Waals surface area contributed by atoms with Crippen LogP contribution in [0, 0.1) is 15.9 Å². The lowest BCUT2D eigenvalue weighted by molar-refractivity contribution is -0.390. The Bertz CT molecular complexity index is 1310. The predicted molar refractivity (Wildman–Crippen MR) is 118 cm³/mol. The molecule has 0 aliphatic rings. The van der Waals surface area contributed by atoms with Gasteiger partial charge in [0.1, 0.15) is 18.2 Å². The minimum atomic E-state index is -0.771. The van der Waals surface area contributed by atoms with E-state index in [0.717, 1.165) is 12.1 Å². The smallest absolute Gasteiger partial charge is 0.406 e. The maximum Gasteiger partial charge on any atom is 0.406 e. The number of pyridine rings is 1. The monoisotopic (exact) mass is 516 g/mol. The molecule has 1 unspecified atom stereocenters. The van der Waals surface area contributed by atoms with E-state index in [1.807, 2.05) is 13.0 Å². The van der Waals surface area contributed by atoms with Crippen LogP contribution in [0.5, 0.6) is 5.75 Å². The average Bonchev–Trinajstić information content (AvgIpc) is 3.43. The standard InChI is InChI=1S/C21H18BrFN6O4/c1-3-15-8-16(33-27-15)10-28-11-25-26-20(28)17-5-4-14(23)7-18(17)12(2)32-19-6-13(22)9-24-21(19)29(30)31/h4-9,11-12H,3,10H2,1-2H3. The van der Waals surface area contributed by atoms with Crippen molar-refractivity contribution in [3.63, 3.8) is 0 Å². The molecule has 12 heteroatoms. The highest BCUT2D eigenvalue weighted by atomic mass is 79.9. The Morgan fingerprint density at radius 3 is 2.88 bits per heavy atom. The molecule has 0 fully saturated rings. The van der Waals surface area contributed by atoms with Crippen molar-refractivity contribution >= 4 is 21.7 Å². The number of hydrogen-bond acceptors (Lipinski definition) is 8. The fraction of sp³-hybridized carbons (Fsp3) is 0.238. The Labute approximate surface area is 195 Å².